The number of hydrogen-bond acceptors (Lipinski definition) is 3. The first-order valence-corrected chi connectivity index (χ1v) is 5.34. The van der Waals surface area contributed by atoms with E-state index in [1.54, 1.807) is 0 Å². The second kappa shape index (κ2) is 2.85. The molecule has 84 valence electrons. The van der Waals surface area contributed by atoms with Gasteiger partial charge >= 0.3 is 0 Å². The Labute approximate surface area is 90.4 Å². The van der Waals surface area contributed by atoms with Crippen LogP contribution in [0.15, 0.2) is 12.3 Å². The highest BCUT2D eigenvalue weighted by molar-refractivity contribution is 5.91. The van der Waals surface area contributed by atoms with Crippen LogP contribution in [0.2, 0.25) is 0 Å². The third-order valence-corrected chi connectivity index (χ3v) is 3.35. The molecule has 0 aromatic heterocycles. The van der Waals surface area contributed by atoms with E-state index >= 15 is 0 Å². The molecule has 0 aromatic carbocycles. The highest BCUT2D eigenvalue weighted by atomic mass is 16.6. The monoisotopic (exact) mass is 210 g/mol. The van der Waals surface area contributed by atoms with Crippen molar-refractivity contribution >= 4 is 5.78 Å². The van der Waals surface area contributed by atoms with Crippen molar-refractivity contribution in [3.05, 3.63) is 12.3 Å². The summed E-state index contributed by atoms with van der Waals surface area (Å²) in [6.07, 6.45) is 4.17. The van der Waals surface area contributed by atoms with Crippen LogP contribution in [-0.2, 0) is 14.3 Å². The van der Waals surface area contributed by atoms with Crippen molar-refractivity contribution < 1.29 is 14.3 Å². The molecule has 1 unspecified atom stereocenters. The maximum Gasteiger partial charge on any atom is 0.162 e. The molecule has 15 heavy (non-hydrogen) atoms. The third kappa shape index (κ3) is 1.59. The minimum absolute atomic E-state index is 0.121. The summed E-state index contributed by atoms with van der Waals surface area (Å²) in [5.74, 6) is 0.121. The van der Waals surface area contributed by atoms with Crippen LogP contribution < -0.4 is 0 Å². The standard InChI is InChI=1S/C12H18O3/c1-10(2)8-12(11(3,4)15-10)7-9(13)5-6-14-12/h5-6H,7-8H2,1-4H3. The molecule has 2 aliphatic heterocycles. The van der Waals surface area contributed by atoms with Gasteiger partial charge < -0.3 is 9.47 Å². The van der Waals surface area contributed by atoms with Crippen molar-refractivity contribution in [2.45, 2.75) is 57.3 Å². The van der Waals surface area contributed by atoms with E-state index in [9.17, 15) is 4.79 Å². The molecule has 0 N–H and O–H groups in total. The lowest BCUT2D eigenvalue weighted by atomic mass is 9.78. The molecule has 1 spiro atoms. The van der Waals surface area contributed by atoms with Crippen LogP contribution in [0.1, 0.15) is 40.5 Å². The molecule has 0 aromatic rings. The van der Waals surface area contributed by atoms with Crippen LogP contribution in [0.5, 0.6) is 0 Å². The Hall–Kier alpha value is -0.830. The number of ketones is 1. The van der Waals surface area contributed by atoms with Crippen molar-refractivity contribution in [3.63, 3.8) is 0 Å². The lowest BCUT2D eigenvalue weighted by Gasteiger charge is -2.39. The lowest BCUT2D eigenvalue weighted by molar-refractivity contribution is -0.147. The van der Waals surface area contributed by atoms with E-state index in [0.717, 1.165) is 6.42 Å². The van der Waals surface area contributed by atoms with Crippen molar-refractivity contribution in [1.82, 2.24) is 0 Å². The second-order valence-electron chi connectivity index (χ2n) is 5.61. The minimum Gasteiger partial charge on any atom is -0.491 e. The van der Waals surface area contributed by atoms with Crippen molar-refractivity contribution in [1.29, 1.82) is 0 Å². The number of carbonyl (C=O) groups excluding carboxylic acids is 1. The maximum absolute atomic E-state index is 11.5. The van der Waals surface area contributed by atoms with Crippen LogP contribution in [0.4, 0.5) is 0 Å². The Morgan fingerprint density at radius 3 is 2.40 bits per heavy atom. The Morgan fingerprint density at radius 2 is 1.93 bits per heavy atom. The zero-order chi connectivity index (χ0) is 11.3. The topological polar surface area (TPSA) is 35.5 Å². The summed E-state index contributed by atoms with van der Waals surface area (Å²) >= 11 is 0. The van der Waals surface area contributed by atoms with E-state index in [-0.39, 0.29) is 11.4 Å². The highest BCUT2D eigenvalue weighted by Gasteiger charge is 2.60. The number of hydrogen-bond donors (Lipinski definition) is 0. The summed E-state index contributed by atoms with van der Waals surface area (Å²) in [5, 5.41) is 0. The van der Waals surface area contributed by atoms with Crippen molar-refractivity contribution in [2.24, 2.45) is 0 Å². The van der Waals surface area contributed by atoms with Crippen LogP contribution in [0, 0.1) is 0 Å². The summed E-state index contributed by atoms with van der Waals surface area (Å²) in [6.45, 7) is 8.06. The summed E-state index contributed by atoms with van der Waals surface area (Å²) in [6, 6.07) is 0. The summed E-state index contributed by atoms with van der Waals surface area (Å²) < 4.78 is 11.7. The molecular formula is C12H18O3. The van der Waals surface area contributed by atoms with Gasteiger partial charge in [0.25, 0.3) is 0 Å². The van der Waals surface area contributed by atoms with Gasteiger partial charge in [-0.05, 0) is 27.7 Å². The van der Waals surface area contributed by atoms with E-state index in [1.165, 1.54) is 12.3 Å². The molecular weight excluding hydrogens is 192 g/mol. The quantitative estimate of drug-likeness (QED) is 0.615. The largest absolute Gasteiger partial charge is 0.491 e. The van der Waals surface area contributed by atoms with E-state index in [2.05, 4.69) is 0 Å². The van der Waals surface area contributed by atoms with Crippen LogP contribution in [0.3, 0.4) is 0 Å². The molecule has 2 aliphatic rings. The normalized spacial score (nSPS) is 36.9. The van der Waals surface area contributed by atoms with Gasteiger partial charge in [-0.25, -0.2) is 0 Å². The predicted molar refractivity (Wildman–Crippen MR) is 56.4 cm³/mol. The van der Waals surface area contributed by atoms with E-state index < -0.39 is 11.2 Å². The van der Waals surface area contributed by atoms with E-state index in [4.69, 9.17) is 9.47 Å². The fraction of sp³-hybridized carbons (Fsp3) is 0.750. The number of ether oxygens (including phenoxy) is 2. The molecule has 0 amide bonds. The van der Waals surface area contributed by atoms with Crippen LogP contribution >= 0.6 is 0 Å². The second-order valence-corrected chi connectivity index (χ2v) is 5.61. The van der Waals surface area contributed by atoms with Gasteiger partial charge in [-0.1, -0.05) is 0 Å². The molecule has 3 nitrogen and oxygen atoms in total. The Balaban J connectivity index is 2.36. The molecule has 1 saturated heterocycles. The van der Waals surface area contributed by atoms with Gasteiger partial charge in [0, 0.05) is 12.5 Å². The van der Waals surface area contributed by atoms with Gasteiger partial charge in [-0.2, -0.15) is 0 Å². The lowest BCUT2D eigenvalue weighted by Crippen LogP contribution is -2.50. The summed E-state index contributed by atoms with van der Waals surface area (Å²) in [7, 11) is 0. The molecule has 2 rings (SSSR count). The highest BCUT2D eigenvalue weighted by Crippen LogP contribution is 2.50. The van der Waals surface area contributed by atoms with Crippen LogP contribution in [-0.4, -0.2) is 22.6 Å². The SMILES string of the molecule is CC1(C)CC2(CC(=O)C=CO2)C(C)(C)O1. The molecule has 0 radical (unpaired) electrons. The number of rotatable bonds is 0. The molecule has 0 bridgehead atoms. The third-order valence-electron chi connectivity index (χ3n) is 3.35. The fourth-order valence-electron chi connectivity index (χ4n) is 2.80. The van der Waals surface area contributed by atoms with E-state index in [0.29, 0.717) is 6.42 Å². The first kappa shape index (κ1) is 10.7. The average Bonchev–Trinajstić information content (AvgIpc) is 2.15. The van der Waals surface area contributed by atoms with Crippen LogP contribution in [0.25, 0.3) is 0 Å². The molecule has 1 atom stereocenters. The van der Waals surface area contributed by atoms with Gasteiger partial charge in [0.05, 0.1) is 18.3 Å². The van der Waals surface area contributed by atoms with Gasteiger partial charge in [-0.15, -0.1) is 0 Å². The zero-order valence-electron chi connectivity index (χ0n) is 9.79. The first-order chi connectivity index (χ1) is 6.77. The summed E-state index contributed by atoms with van der Waals surface area (Å²) in [5.41, 5.74) is -1.13. The van der Waals surface area contributed by atoms with Gasteiger partial charge in [-0.3, -0.25) is 4.79 Å². The smallest absolute Gasteiger partial charge is 0.162 e. The predicted octanol–water partition coefficient (Wildman–Crippen LogP) is 2.21. The molecule has 1 fully saturated rings. The van der Waals surface area contributed by atoms with Gasteiger partial charge in [0.15, 0.2) is 5.78 Å². The minimum atomic E-state index is -0.484. The van der Waals surface area contributed by atoms with Crippen molar-refractivity contribution in [3.8, 4) is 0 Å². The maximum atomic E-state index is 11.5. The molecule has 0 aliphatic carbocycles. The Morgan fingerprint density at radius 1 is 1.27 bits per heavy atom. The fourth-order valence-corrected chi connectivity index (χ4v) is 2.80. The van der Waals surface area contributed by atoms with Gasteiger partial charge in [0.1, 0.15) is 11.2 Å². The zero-order valence-corrected chi connectivity index (χ0v) is 9.79. The summed E-state index contributed by atoms with van der Waals surface area (Å²) in [4.78, 5) is 11.5. The first-order valence-electron chi connectivity index (χ1n) is 5.34. The average molecular weight is 210 g/mol. The van der Waals surface area contributed by atoms with E-state index in [1.807, 2.05) is 27.7 Å². The van der Waals surface area contributed by atoms with Gasteiger partial charge in [0.2, 0.25) is 0 Å². The number of carbonyl (C=O) groups is 1. The Bertz CT molecular complexity index is 328. The van der Waals surface area contributed by atoms with Crippen molar-refractivity contribution in [2.75, 3.05) is 0 Å². The molecule has 3 heteroatoms. The Kier molecular flexibility index (Phi) is 2.03. The molecule has 2 heterocycles. The number of allylic oxidation sites excluding steroid dienone is 1. The molecule has 0 saturated carbocycles.